The molecule has 0 bridgehead atoms. The molecule has 11 aromatic rings. The SMILES string of the molecule is c1ccc(-c2nc(-c3ccccc3)nc(-c3cccc(-c4ccccc4)c3-n3c4ccccc4c4cc(-c5cccc6c5sc5ccccc56)ccc43)n2)cc1. The summed E-state index contributed by atoms with van der Waals surface area (Å²) in [5.74, 6) is 1.88. The van der Waals surface area contributed by atoms with Gasteiger partial charge in [-0.05, 0) is 47.0 Å². The lowest BCUT2D eigenvalue weighted by molar-refractivity contribution is 1.06. The first-order chi connectivity index (χ1) is 27.8. The Bertz CT molecular complexity index is 3180. The second kappa shape index (κ2) is 13.3. The average molecular weight is 733 g/mol. The predicted octanol–water partition coefficient (Wildman–Crippen LogP) is 13.7. The summed E-state index contributed by atoms with van der Waals surface area (Å²) in [6.07, 6.45) is 0. The fourth-order valence-electron chi connectivity index (χ4n) is 8.10. The Labute approximate surface area is 327 Å². The van der Waals surface area contributed by atoms with Crippen molar-refractivity contribution >= 4 is 53.3 Å². The molecule has 0 unspecified atom stereocenters. The quantitative estimate of drug-likeness (QED) is 0.171. The van der Waals surface area contributed by atoms with Gasteiger partial charge in [0.2, 0.25) is 0 Å². The van der Waals surface area contributed by atoms with Crippen molar-refractivity contribution in [2.75, 3.05) is 0 Å². The fraction of sp³-hybridized carbons (Fsp3) is 0. The number of aromatic nitrogens is 4. The molecule has 262 valence electrons. The number of para-hydroxylation sites is 2. The van der Waals surface area contributed by atoms with Gasteiger partial charge in [0.25, 0.3) is 0 Å². The van der Waals surface area contributed by atoms with Crippen LogP contribution in [-0.2, 0) is 0 Å². The van der Waals surface area contributed by atoms with Crippen molar-refractivity contribution in [1.29, 1.82) is 0 Å². The zero-order valence-corrected chi connectivity index (χ0v) is 31.0. The summed E-state index contributed by atoms with van der Waals surface area (Å²) in [5.41, 5.74) is 10.7. The van der Waals surface area contributed by atoms with E-state index >= 15 is 0 Å². The molecule has 0 fully saturated rings. The summed E-state index contributed by atoms with van der Waals surface area (Å²) in [6.45, 7) is 0. The molecule has 3 aromatic heterocycles. The summed E-state index contributed by atoms with van der Waals surface area (Å²) >= 11 is 1.87. The molecule has 0 aliphatic carbocycles. The van der Waals surface area contributed by atoms with Crippen molar-refractivity contribution in [3.8, 4) is 62.1 Å². The van der Waals surface area contributed by atoms with E-state index in [0.29, 0.717) is 17.5 Å². The summed E-state index contributed by atoms with van der Waals surface area (Å²) in [7, 11) is 0. The van der Waals surface area contributed by atoms with E-state index in [1.807, 2.05) is 47.7 Å². The minimum Gasteiger partial charge on any atom is -0.308 e. The predicted molar refractivity (Wildman–Crippen MR) is 234 cm³/mol. The van der Waals surface area contributed by atoms with E-state index in [4.69, 9.17) is 15.0 Å². The number of nitrogens with zero attached hydrogens (tertiary/aromatic N) is 4. The molecular formula is C51H32N4S. The van der Waals surface area contributed by atoms with Crippen molar-refractivity contribution in [1.82, 2.24) is 19.5 Å². The van der Waals surface area contributed by atoms with Crippen LogP contribution in [0.5, 0.6) is 0 Å². The molecular weight excluding hydrogens is 701 g/mol. The van der Waals surface area contributed by atoms with Gasteiger partial charge >= 0.3 is 0 Å². The maximum absolute atomic E-state index is 5.23. The minimum atomic E-state index is 0.615. The zero-order valence-electron chi connectivity index (χ0n) is 30.2. The summed E-state index contributed by atoms with van der Waals surface area (Å²) in [5, 5.41) is 4.98. The van der Waals surface area contributed by atoms with Crippen molar-refractivity contribution in [3.63, 3.8) is 0 Å². The van der Waals surface area contributed by atoms with Crippen LogP contribution in [0.25, 0.3) is 104 Å². The van der Waals surface area contributed by atoms with Gasteiger partial charge < -0.3 is 4.57 Å². The van der Waals surface area contributed by atoms with Gasteiger partial charge in [-0.2, -0.15) is 0 Å². The molecule has 0 N–H and O–H groups in total. The molecule has 3 heterocycles. The lowest BCUT2D eigenvalue weighted by atomic mass is 9.98. The number of hydrogen-bond acceptors (Lipinski definition) is 4. The van der Waals surface area contributed by atoms with Crippen molar-refractivity contribution < 1.29 is 0 Å². The molecule has 0 aliphatic rings. The first kappa shape index (κ1) is 32.2. The molecule has 0 amide bonds. The summed E-state index contributed by atoms with van der Waals surface area (Å²) in [4.78, 5) is 15.5. The van der Waals surface area contributed by atoms with Crippen LogP contribution in [0.1, 0.15) is 0 Å². The highest BCUT2D eigenvalue weighted by atomic mass is 32.1. The zero-order chi connectivity index (χ0) is 37.0. The average Bonchev–Trinajstić information content (AvgIpc) is 3.82. The van der Waals surface area contributed by atoms with Crippen LogP contribution in [0.3, 0.4) is 0 Å². The molecule has 0 aliphatic heterocycles. The highest BCUT2D eigenvalue weighted by molar-refractivity contribution is 7.26. The normalized spacial score (nSPS) is 11.6. The third kappa shape index (κ3) is 5.32. The monoisotopic (exact) mass is 732 g/mol. The van der Waals surface area contributed by atoms with Crippen molar-refractivity contribution in [3.05, 3.63) is 194 Å². The number of fused-ring (bicyclic) bond motifs is 6. The van der Waals surface area contributed by atoms with Crippen LogP contribution in [0.2, 0.25) is 0 Å². The molecule has 56 heavy (non-hydrogen) atoms. The van der Waals surface area contributed by atoms with Gasteiger partial charge in [-0.3, -0.25) is 0 Å². The molecule has 0 atom stereocenters. The van der Waals surface area contributed by atoms with E-state index in [1.54, 1.807) is 0 Å². The first-order valence-corrected chi connectivity index (χ1v) is 19.6. The summed E-state index contributed by atoms with van der Waals surface area (Å²) < 4.78 is 5.04. The molecule has 0 saturated carbocycles. The Hall–Kier alpha value is -7.21. The molecule has 0 spiro atoms. The second-order valence-corrected chi connectivity index (χ2v) is 15.0. The lowest BCUT2D eigenvalue weighted by Gasteiger charge is -2.19. The van der Waals surface area contributed by atoms with Gasteiger partial charge in [-0.25, -0.2) is 15.0 Å². The second-order valence-electron chi connectivity index (χ2n) is 14.0. The Balaban J connectivity index is 1.20. The van der Waals surface area contributed by atoms with E-state index in [9.17, 15) is 0 Å². The van der Waals surface area contributed by atoms with Crippen LogP contribution in [0, 0.1) is 0 Å². The molecule has 5 heteroatoms. The Morgan fingerprint density at radius 2 is 0.875 bits per heavy atom. The van der Waals surface area contributed by atoms with E-state index in [-0.39, 0.29) is 0 Å². The van der Waals surface area contributed by atoms with Gasteiger partial charge in [0.05, 0.1) is 16.7 Å². The van der Waals surface area contributed by atoms with Crippen molar-refractivity contribution in [2.45, 2.75) is 0 Å². The Kier molecular flexibility index (Phi) is 7.64. The van der Waals surface area contributed by atoms with E-state index in [0.717, 1.165) is 44.5 Å². The molecule has 0 saturated heterocycles. The number of rotatable bonds is 6. The Morgan fingerprint density at radius 3 is 1.61 bits per heavy atom. The highest BCUT2D eigenvalue weighted by Gasteiger charge is 2.23. The van der Waals surface area contributed by atoms with Crippen molar-refractivity contribution in [2.24, 2.45) is 0 Å². The fourth-order valence-corrected chi connectivity index (χ4v) is 9.34. The van der Waals surface area contributed by atoms with E-state index < -0.39 is 0 Å². The van der Waals surface area contributed by atoms with Gasteiger partial charge in [-0.15, -0.1) is 11.3 Å². The molecule has 0 radical (unpaired) electrons. The smallest absolute Gasteiger partial charge is 0.166 e. The van der Waals surface area contributed by atoms with Crippen LogP contribution in [0.4, 0.5) is 0 Å². The molecule has 11 rings (SSSR count). The number of benzene rings is 8. The largest absolute Gasteiger partial charge is 0.308 e. The van der Waals surface area contributed by atoms with E-state index in [1.165, 1.54) is 42.1 Å². The third-order valence-electron chi connectivity index (χ3n) is 10.7. The minimum absolute atomic E-state index is 0.615. The number of thiophene rings is 1. The highest BCUT2D eigenvalue weighted by Crippen LogP contribution is 2.44. The third-order valence-corrected chi connectivity index (χ3v) is 11.9. The van der Waals surface area contributed by atoms with Crippen LogP contribution in [0.15, 0.2) is 194 Å². The van der Waals surface area contributed by atoms with Crippen LogP contribution in [-0.4, -0.2) is 19.5 Å². The standard InChI is InChI=1S/C51H32N4S/c1-4-16-33(17-5-1)37-24-14-27-42(51-53-49(34-18-6-2-7-19-34)52-50(54-51)35-20-8-3-9-21-35)47(37)55-44-28-12-10-22-39(44)43-32-36(30-31-45(43)55)38-25-15-26-41-40-23-11-13-29-46(40)56-48(38)41/h1-32H. The maximum atomic E-state index is 5.23. The number of hydrogen-bond donors (Lipinski definition) is 0. The van der Waals surface area contributed by atoms with E-state index in [2.05, 4.69) is 162 Å². The van der Waals surface area contributed by atoms with Gasteiger partial charge in [0.15, 0.2) is 17.5 Å². The Morgan fingerprint density at radius 1 is 0.339 bits per heavy atom. The van der Waals surface area contributed by atoms with Gasteiger partial charge in [0.1, 0.15) is 0 Å². The first-order valence-electron chi connectivity index (χ1n) is 18.8. The lowest BCUT2D eigenvalue weighted by Crippen LogP contribution is -2.05. The molecule has 8 aromatic carbocycles. The molecule has 4 nitrogen and oxygen atoms in total. The topological polar surface area (TPSA) is 43.6 Å². The summed E-state index contributed by atoms with van der Waals surface area (Å²) in [6, 6.07) is 68.5. The van der Waals surface area contributed by atoms with Crippen LogP contribution < -0.4 is 0 Å². The van der Waals surface area contributed by atoms with Crippen LogP contribution >= 0.6 is 11.3 Å². The van der Waals surface area contributed by atoms with Gasteiger partial charge in [-0.1, -0.05) is 164 Å². The van der Waals surface area contributed by atoms with Gasteiger partial charge in [0, 0.05) is 53.2 Å². The maximum Gasteiger partial charge on any atom is 0.166 e.